The number of hydrogen-bond donors (Lipinski definition) is 1. The van der Waals surface area contributed by atoms with E-state index in [0.717, 1.165) is 35.9 Å². The maximum absolute atomic E-state index is 12.6. The predicted molar refractivity (Wildman–Crippen MR) is 95.5 cm³/mol. The molecule has 0 spiro atoms. The number of aromatic nitrogens is 1. The molecule has 0 radical (unpaired) electrons. The quantitative estimate of drug-likeness (QED) is 0.923. The van der Waals surface area contributed by atoms with Gasteiger partial charge in [-0.25, -0.2) is 8.42 Å². The van der Waals surface area contributed by atoms with Crippen LogP contribution < -0.4 is 0 Å². The minimum atomic E-state index is -3.38. The molecule has 1 aromatic carbocycles. The Labute approximate surface area is 143 Å². The maximum Gasteiger partial charge on any atom is 0.238 e. The summed E-state index contributed by atoms with van der Waals surface area (Å²) in [7, 11) is -3.38. The lowest BCUT2D eigenvalue weighted by molar-refractivity contribution is -0.132. The van der Waals surface area contributed by atoms with Crippen molar-refractivity contribution in [2.24, 2.45) is 0 Å². The van der Waals surface area contributed by atoms with Gasteiger partial charge in [-0.05, 0) is 50.6 Å². The molecule has 130 valence electrons. The molecule has 1 aliphatic rings. The van der Waals surface area contributed by atoms with Crippen LogP contribution in [0.1, 0.15) is 44.8 Å². The number of carbonyl (C=O) groups excluding carboxylic acids is 1. The van der Waals surface area contributed by atoms with E-state index in [0.29, 0.717) is 6.54 Å². The van der Waals surface area contributed by atoms with E-state index in [9.17, 15) is 13.2 Å². The molecule has 3 rings (SSSR count). The van der Waals surface area contributed by atoms with Gasteiger partial charge in [0.25, 0.3) is 0 Å². The van der Waals surface area contributed by atoms with Gasteiger partial charge in [-0.2, -0.15) is 0 Å². The van der Waals surface area contributed by atoms with Crippen LogP contribution in [-0.4, -0.2) is 41.8 Å². The van der Waals surface area contributed by atoms with Gasteiger partial charge in [0, 0.05) is 17.8 Å². The summed E-state index contributed by atoms with van der Waals surface area (Å²) in [5.41, 5.74) is 2.03. The third kappa shape index (κ3) is 3.34. The zero-order valence-corrected chi connectivity index (χ0v) is 15.0. The summed E-state index contributed by atoms with van der Waals surface area (Å²) >= 11 is 0. The molecule has 1 atom stereocenters. The number of sulfone groups is 1. The third-order valence-electron chi connectivity index (χ3n) is 4.78. The number of carbonyl (C=O) groups is 1. The van der Waals surface area contributed by atoms with E-state index in [1.165, 1.54) is 0 Å². The molecule has 2 heterocycles. The maximum atomic E-state index is 12.6. The van der Waals surface area contributed by atoms with Crippen molar-refractivity contribution in [3.8, 4) is 0 Å². The van der Waals surface area contributed by atoms with Gasteiger partial charge in [0.1, 0.15) is 5.75 Å². The molecule has 1 amide bonds. The molecule has 0 bridgehead atoms. The summed E-state index contributed by atoms with van der Waals surface area (Å²) in [5, 5.41) is 0.582. The second-order valence-electron chi connectivity index (χ2n) is 6.77. The molecule has 1 unspecified atom stereocenters. The molecule has 6 heteroatoms. The van der Waals surface area contributed by atoms with Crippen LogP contribution >= 0.6 is 0 Å². The van der Waals surface area contributed by atoms with Crippen LogP contribution in [0.4, 0.5) is 0 Å². The lowest BCUT2D eigenvalue weighted by Gasteiger charge is -2.35. The topological polar surface area (TPSA) is 70.2 Å². The fourth-order valence-electron chi connectivity index (χ4n) is 3.25. The average molecular weight is 348 g/mol. The van der Waals surface area contributed by atoms with Crippen LogP contribution in [0.25, 0.3) is 10.9 Å². The van der Waals surface area contributed by atoms with E-state index >= 15 is 0 Å². The van der Waals surface area contributed by atoms with E-state index < -0.39 is 20.8 Å². The van der Waals surface area contributed by atoms with Gasteiger partial charge in [-0.3, -0.25) is 4.79 Å². The van der Waals surface area contributed by atoms with Gasteiger partial charge in [-0.15, -0.1) is 0 Å². The highest BCUT2D eigenvalue weighted by Gasteiger charge is 2.32. The van der Waals surface area contributed by atoms with E-state index in [1.807, 2.05) is 24.3 Å². The van der Waals surface area contributed by atoms with Crippen molar-refractivity contribution in [2.75, 3.05) is 12.3 Å². The van der Waals surface area contributed by atoms with E-state index in [2.05, 4.69) is 11.1 Å². The summed E-state index contributed by atoms with van der Waals surface area (Å²) in [6.45, 7) is 3.86. The number of rotatable bonds is 4. The molecule has 1 fully saturated rings. The molecule has 0 aliphatic carbocycles. The molecular weight excluding hydrogens is 324 g/mol. The number of amides is 1. The highest BCUT2D eigenvalue weighted by atomic mass is 32.2. The third-order valence-corrected chi connectivity index (χ3v) is 6.86. The standard InChI is InChI=1S/C18H24N2O3S/c1-13(2)24(22,23)12-18(21)20-10-6-5-9-17(20)16-11-14-7-3-4-8-15(14)19-16/h3-4,7-8,11,13,17,19H,5-6,9-10,12H2,1-2H3. The molecule has 1 aromatic heterocycles. The summed E-state index contributed by atoms with van der Waals surface area (Å²) in [4.78, 5) is 17.8. The lowest BCUT2D eigenvalue weighted by Crippen LogP contribution is -2.42. The van der Waals surface area contributed by atoms with Crippen molar-refractivity contribution >= 4 is 26.6 Å². The van der Waals surface area contributed by atoms with Crippen LogP contribution in [0.3, 0.4) is 0 Å². The van der Waals surface area contributed by atoms with E-state index in [-0.39, 0.29) is 11.9 Å². The fraction of sp³-hybridized carbons (Fsp3) is 0.500. The number of H-pyrrole nitrogens is 1. The van der Waals surface area contributed by atoms with Crippen molar-refractivity contribution in [1.82, 2.24) is 9.88 Å². The van der Waals surface area contributed by atoms with Crippen molar-refractivity contribution in [2.45, 2.75) is 44.4 Å². The van der Waals surface area contributed by atoms with Crippen LogP contribution in [0, 0.1) is 0 Å². The molecule has 2 aromatic rings. The van der Waals surface area contributed by atoms with Gasteiger partial charge in [0.15, 0.2) is 9.84 Å². The zero-order chi connectivity index (χ0) is 17.3. The summed E-state index contributed by atoms with van der Waals surface area (Å²) < 4.78 is 24.2. The SMILES string of the molecule is CC(C)S(=O)(=O)CC(=O)N1CCCCC1c1cc2ccccc2[nH]1. The van der Waals surface area contributed by atoms with Crippen LogP contribution in [0.2, 0.25) is 0 Å². The second kappa shape index (κ2) is 6.59. The Balaban J connectivity index is 1.86. The molecule has 24 heavy (non-hydrogen) atoms. The number of hydrogen-bond acceptors (Lipinski definition) is 3. The van der Waals surface area contributed by atoms with Gasteiger partial charge < -0.3 is 9.88 Å². The first-order valence-corrected chi connectivity index (χ1v) is 10.2. The normalized spacial score (nSPS) is 19.1. The second-order valence-corrected chi connectivity index (χ2v) is 9.32. The number of aromatic amines is 1. The molecule has 1 saturated heterocycles. The molecule has 1 aliphatic heterocycles. The Hall–Kier alpha value is -1.82. The number of piperidine rings is 1. The number of nitrogens with one attached hydrogen (secondary N) is 1. The van der Waals surface area contributed by atoms with Crippen LogP contribution in [0.5, 0.6) is 0 Å². The Kier molecular flexibility index (Phi) is 4.67. The largest absolute Gasteiger partial charge is 0.357 e. The van der Waals surface area contributed by atoms with Crippen molar-refractivity contribution in [3.63, 3.8) is 0 Å². The Morgan fingerprint density at radius 1 is 1.29 bits per heavy atom. The van der Waals surface area contributed by atoms with E-state index in [4.69, 9.17) is 0 Å². The van der Waals surface area contributed by atoms with Gasteiger partial charge in [0.2, 0.25) is 5.91 Å². The minimum absolute atomic E-state index is 0.0685. The smallest absolute Gasteiger partial charge is 0.238 e. The van der Waals surface area contributed by atoms with Crippen molar-refractivity contribution in [3.05, 3.63) is 36.0 Å². The van der Waals surface area contributed by atoms with Crippen LogP contribution in [-0.2, 0) is 14.6 Å². The van der Waals surface area contributed by atoms with Gasteiger partial charge in [-0.1, -0.05) is 18.2 Å². The van der Waals surface area contributed by atoms with E-state index in [1.54, 1.807) is 18.7 Å². The van der Waals surface area contributed by atoms with Crippen molar-refractivity contribution < 1.29 is 13.2 Å². The number of para-hydroxylation sites is 1. The number of fused-ring (bicyclic) bond motifs is 1. The number of likely N-dealkylation sites (tertiary alicyclic amines) is 1. The average Bonchev–Trinajstić information content (AvgIpc) is 2.98. The Morgan fingerprint density at radius 2 is 2.04 bits per heavy atom. The molecule has 1 N–H and O–H groups in total. The molecular formula is C18H24N2O3S. The van der Waals surface area contributed by atoms with Crippen LogP contribution in [0.15, 0.2) is 30.3 Å². The number of nitrogens with zero attached hydrogens (tertiary/aromatic N) is 1. The lowest BCUT2D eigenvalue weighted by atomic mass is 9.99. The zero-order valence-electron chi connectivity index (χ0n) is 14.2. The highest BCUT2D eigenvalue weighted by Crippen LogP contribution is 2.32. The van der Waals surface area contributed by atoms with Gasteiger partial charge in [0.05, 0.1) is 11.3 Å². The first kappa shape index (κ1) is 17.0. The number of benzene rings is 1. The Bertz CT molecular complexity index is 806. The van der Waals surface area contributed by atoms with Crippen molar-refractivity contribution in [1.29, 1.82) is 0 Å². The minimum Gasteiger partial charge on any atom is -0.357 e. The first-order chi connectivity index (χ1) is 11.4. The summed E-state index contributed by atoms with van der Waals surface area (Å²) in [6, 6.07) is 10.0. The Morgan fingerprint density at radius 3 is 2.75 bits per heavy atom. The summed E-state index contributed by atoms with van der Waals surface area (Å²) in [5.74, 6) is -0.687. The monoisotopic (exact) mass is 348 g/mol. The predicted octanol–water partition coefficient (Wildman–Crippen LogP) is 3.04. The summed E-state index contributed by atoms with van der Waals surface area (Å²) in [6.07, 6.45) is 2.82. The highest BCUT2D eigenvalue weighted by molar-refractivity contribution is 7.92. The first-order valence-electron chi connectivity index (χ1n) is 8.47. The fourth-order valence-corrected chi connectivity index (χ4v) is 4.09. The molecule has 0 saturated carbocycles. The molecule has 5 nitrogen and oxygen atoms in total. The van der Waals surface area contributed by atoms with Gasteiger partial charge >= 0.3 is 0 Å².